The Morgan fingerprint density at radius 1 is 0.793 bits per heavy atom. The molecule has 2 spiro atoms. The summed E-state index contributed by atoms with van der Waals surface area (Å²) in [4.78, 5) is 2.50. The minimum absolute atomic E-state index is 0.459. The number of nitrogens with one attached hydrogen (secondary N) is 1. The van der Waals surface area contributed by atoms with Crippen molar-refractivity contribution >= 4 is 0 Å². The lowest BCUT2D eigenvalue weighted by molar-refractivity contribution is -0.146. The molecule has 0 aromatic heterocycles. The van der Waals surface area contributed by atoms with Gasteiger partial charge in [-0.2, -0.15) is 0 Å². The van der Waals surface area contributed by atoms with Crippen molar-refractivity contribution in [3.8, 4) is 0 Å². The van der Waals surface area contributed by atoms with Crippen LogP contribution in [0.3, 0.4) is 0 Å². The van der Waals surface area contributed by atoms with Gasteiger partial charge in [-0.25, -0.2) is 0 Å². The van der Waals surface area contributed by atoms with Gasteiger partial charge in [-0.3, -0.25) is 0 Å². The van der Waals surface area contributed by atoms with E-state index < -0.39 is 0 Å². The lowest BCUT2D eigenvalue weighted by atomic mass is 9.42. The van der Waals surface area contributed by atoms with E-state index in [0.717, 1.165) is 17.8 Å². The summed E-state index contributed by atoms with van der Waals surface area (Å²) in [5, 5.41) is 3.71. The molecule has 9 atom stereocenters. The monoisotopic (exact) mass is 400 g/mol. The number of rotatable bonds is 3. The molecule has 166 valence electrons. The van der Waals surface area contributed by atoms with Crippen molar-refractivity contribution in [2.45, 2.75) is 104 Å². The number of hydrogen-bond donors (Lipinski definition) is 1. The van der Waals surface area contributed by atoms with Crippen molar-refractivity contribution in [2.75, 3.05) is 21.1 Å². The van der Waals surface area contributed by atoms with Crippen LogP contribution in [0.25, 0.3) is 0 Å². The highest BCUT2D eigenvalue weighted by molar-refractivity contribution is 5.31. The first-order valence-electron chi connectivity index (χ1n) is 12.8. The third kappa shape index (κ3) is 2.22. The summed E-state index contributed by atoms with van der Waals surface area (Å²) in [7, 11) is 6.81. The van der Waals surface area contributed by atoms with Gasteiger partial charge < -0.3 is 10.2 Å². The van der Waals surface area contributed by atoms with Crippen LogP contribution in [-0.4, -0.2) is 38.1 Å². The van der Waals surface area contributed by atoms with Gasteiger partial charge in [0.05, 0.1) is 0 Å². The van der Waals surface area contributed by atoms with E-state index in [9.17, 15) is 0 Å². The molecule has 5 aliphatic carbocycles. The van der Waals surface area contributed by atoms with Gasteiger partial charge in [0.2, 0.25) is 0 Å². The molecule has 0 aliphatic heterocycles. The third-order valence-corrected chi connectivity index (χ3v) is 13.0. The maximum Gasteiger partial charge on any atom is 0.0118 e. The minimum Gasteiger partial charge on any atom is -0.316 e. The molecule has 0 radical (unpaired) electrons. The van der Waals surface area contributed by atoms with Gasteiger partial charge in [-0.05, 0) is 131 Å². The summed E-state index contributed by atoms with van der Waals surface area (Å²) in [6.07, 6.45) is 13.5. The van der Waals surface area contributed by atoms with Crippen molar-refractivity contribution in [2.24, 2.45) is 44.8 Å². The summed E-state index contributed by atoms with van der Waals surface area (Å²) in [6.45, 7) is 13.2. The van der Waals surface area contributed by atoms with Gasteiger partial charge in [-0.15, -0.1) is 0 Å². The zero-order valence-electron chi connectivity index (χ0n) is 20.7. The zero-order valence-corrected chi connectivity index (χ0v) is 20.7. The molecule has 1 N–H and O–H groups in total. The Balaban J connectivity index is 1.49. The zero-order chi connectivity index (χ0) is 21.0. The van der Waals surface area contributed by atoms with Crippen molar-refractivity contribution in [3.05, 3.63) is 0 Å². The first-order chi connectivity index (χ1) is 13.5. The Hall–Kier alpha value is -0.0800. The Morgan fingerprint density at radius 3 is 2.10 bits per heavy atom. The highest BCUT2D eigenvalue weighted by Gasteiger charge is 2.82. The summed E-state index contributed by atoms with van der Waals surface area (Å²) < 4.78 is 0. The molecule has 2 nitrogen and oxygen atoms in total. The predicted molar refractivity (Wildman–Crippen MR) is 123 cm³/mol. The molecule has 5 rings (SSSR count). The number of hydrogen-bond acceptors (Lipinski definition) is 2. The largest absolute Gasteiger partial charge is 0.316 e. The highest BCUT2D eigenvalue weighted by atomic mass is 15.1. The van der Waals surface area contributed by atoms with Crippen LogP contribution in [0.1, 0.15) is 92.4 Å². The van der Waals surface area contributed by atoms with E-state index in [1.807, 2.05) is 0 Å². The van der Waals surface area contributed by atoms with E-state index in [0.29, 0.717) is 39.2 Å². The molecule has 2 heteroatoms. The molecule has 5 aliphatic rings. The van der Waals surface area contributed by atoms with Gasteiger partial charge in [-0.1, -0.05) is 27.7 Å². The molecule has 0 aromatic rings. The number of fused-ring (bicyclic) bond motifs is 2. The fraction of sp³-hybridized carbons (Fsp3) is 1.00. The smallest absolute Gasteiger partial charge is 0.0118 e. The van der Waals surface area contributed by atoms with Crippen LogP contribution in [0, 0.1) is 44.8 Å². The summed E-state index contributed by atoms with van der Waals surface area (Å²) in [5.41, 5.74) is 2.97. The molecular formula is C27H48N2. The Morgan fingerprint density at radius 2 is 1.45 bits per heavy atom. The molecule has 0 bridgehead atoms. The van der Waals surface area contributed by atoms with Crippen LogP contribution < -0.4 is 5.32 Å². The summed E-state index contributed by atoms with van der Waals surface area (Å²) >= 11 is 0. The molecule has 0 heterocycles. The standard InChI is InChI=1S/C27H48N2/c1-18(29(7)8)19-11-13-25(5)21-10-9-20-23(2,3)22(28-6)12-14-26(20)17-27(21,26)16-15-24(19,25)4/h18-22,28H,9-17H2,1-8H3/t18-,19-,20+,21+,22+,24-,25+,26-,27-/m1/s1. The second-order valence-corrected chi connectivity index (χ2v) is 13.6. The summed E-state index contributed by atoms with van der Waals surface area (Å²) in [6, 6.07) is 1.43. The van der Waals surface area contributed by atoms with Crippen LogP contribution in [0.15, 0.2) is 0 Å². The average molecular weight is 401 g/mol. The lowest BCUT2D eigenvalue weighted by Gasteiger charge is -2.63. The van der Waals surface area contributed by atoms with Gasteiger partial charge in [0, 0.05) is 12.1 Å². The predicted octanol–water partition coefficient (Wildman–Crippen LogP) is 5.96. The van der Waals surface area contributed by atoms with E-state index in [1.54, 1.807) is 6.42 Å². The van der Waals surface area contributed by atoms with Crippen LogP contribution >= 0.6 is 0 Å². The average Bonchev–Trinajstić information content (AvgIpc) is 3.24. The highest BCUT2D eigenvalue weighted by Crippen LogP contribution is 2.88. The molecular weight excluding hydrogens is 352 g/mol. The topological polar surface area (TPSA) is 15.3 Å². The first kappa shape index (κ1) is 20.8. The maximum atomic E-state index is 3.71. The van der Waals surface area contributed by atoms with Crippen LogP contribution in [0.2, 0.25) is 0 Å². The van der Waals surface area contributed by atoms with E-state index >= 15 is 0 Å². The van der Waals surface area contributed by atoms with E-state index in [1.165, 1.54) is 51.4 Å². The third-order valence-electron chi connectivity index (χ3n) is 13.0. The maximum absolute atomic E-state index is 3.71. The van der Waals surface area contributed by atoms with Gasteiger partial charge >= 0.3 is 0 Å². The first-order valence-corrected chi connectivity index (χ1v) is 12.8. The Bertz CT molecular complexity index is 684. The second-order valence-electron chi connectivity index (χ2n) is 13.6. The van der Waals surface area contributed by atoms with Gasteiger partial charge in [0.1, 0.15) is 0 Å². The van der Waals surface area contributed by atoms with Crippen molar-refractivity contribution < 1.29 is 0 Å². The van der Waals surface area contributed by atoms with E-state index in [-0.39, 0.29) is 0 Å². The van der Waals surface area contributed by atoms with Gasteiger partial charge in [0.15, 0.2) is 0 Å². The molecule has 29 heavy (non-hydrogen) atoms. The molecule has 5 saturated carbocycles. The fourth-order valence-corrected chi connectivity index (χ4v) is 11.1. The quantitative estimate of drug-likeness (QED) is 0.628. The van der Waals surface area contributed by atoms with Gasteiger partial charge in [0.25, 0.3) is 0 Å². The van der Waals surface area contributed by atoms with E-state index in [2.05, 4.69) is 66.0 Å². The number of nitrogens with zero attached hydrogens (tertiary/aromatic N) is 1. The minimum atomic E-state index is 0.459. The molecule has 0 amide bonds. The molecule has 0 saturated heterocycles. The van der Waals surface area contributed by atoms with E-state index in [4.69, 9.17) is 0 Å². The van der Waals surface area contributed by atoms with Crippen LogP contribution in [0.5, 0.6) is 0 Å². The summed E-state index contributed by atoms with van der Waals surface area (Å²) in [5.74, 6) is 2.82. The van der Waals surface area contributed by atoms with Crippen LogP contribution in [0.4, 0.5) is 0 Å². The fourth-order valence-electron chi connectivity index (χ4n) is 11.1. The van der Waals surface area contributed by atoms with Crippen molar-refractivity contribution in [1.82, 2.24) is 10.2 Å². The molecule has 0 aromatic carbocycles. The Labute approximate surface area is 181 Å². The lowest BCUT2D eigenvalue weighted by Crippen LogP contribution is -2.59. The Kier molecular flexibility index (Phi) is 4.33. The van der Waals surface area contributed by atoms with Crippen LogP contribution in [-0.2, 0) is 0 Å². The normalized spacial score (nSPS) is 56.2. The second kappa shape index (κ2) is 6.03. The van der Waals surface area contributed by atoms with Crippen molar-refractivity contribution in [1.29, 1.82) is 0 Å². The molecule has 0 unspecified atom stereocenters. The molecule has 5 fully saturated rings. The SMILES string of the molecule is CN[C@H]1CC[C@]23C[C@@]24CC[C@]2(C)[C@@H]([C@@H](C)N(C)C)CC[C@@]2(C)[C@@H]4CC[C@H]3C1(C)C. The van der Waals surface area contributed by atoms with Crippen molar-refractivity contribution in [3.63, 3.8) is 0 Å².